The minimum atomic E-state index is -4.38. The highest BCUT2D eigenvalue weighted by Gasteiger charge is 2.30. The van der Waals surface area contributed by atoms with Gasteiger partial charge in [0.05, 0.1) is 17.8 Å². The number of rotatable bonds is 4. The molecule has 2 aromatic rings. The summed E-state index contributed by atoms with van der Waals surface area (Å²) in [4.78, 5) is 0. The van der Waals surface area contributed by atoms with E-state index in [9.17, 15) is 13.2 Å². The van der Waals surface area contributed by atoms with E-state index in [1.165, 1.54) is 23.6 Å². The van der Waals surface area contributed by atoms with Gasteiger partial charge in [-0.15, -0.1) is 5.10 Å². The number of halogens is 3. The predicted molar refractivity (Wildman–Crippen MR) is 73.3 cm³/mol. The Morgan fingerprint density at radius 2 is 2.00 bits per heavy atom. The second-order valence-corrected chi connectivity index (χ2v) is 5.42. The van der Waals surface area contributed by atoms with Gasteiger partial charge in [-0.3, -0.25) is 0 Å². The molecule has 1 aliphatic rings. The van der Waals surface area contributed by atoms with Gasteiger partial charge in [0.15, 0.2) is 5.82 Å². The van der Waals surface area contributed by atoms with E-state index in [0.717, 1.165) is 25.0 Å². The molecule has 0 unspecified atom stereocenters. The molecule has 8 heteroatoms. The quantitative estimate of drug-likeness (QED) is 0.943. The van der Waals surface area contributed by atoms with Gasteiger partial charge >= 0.3 is 6.18 Å². The Balaban J connectivity index is 1.79. The molecule has 5 nitrogen and oxygen atoms in total. The highest BCUT2D eigenvalue weighted by atomic mass is 19.4. The molecule has 1 aliphatic carbocycles. The van der Waals surface area contributed by atoms with Crippen molar-refractivity contribution < 1.29 is 13.2 Å². The summed E-state index contributed by atoms with van der Waals surface area (Å²) in [7, 11) is 0. The number of tetrazole rings is 1. The van der Waals surface area contributed by atoms with Crippen molar-refractivity contribution in [2.45, 2.75) is 44.4 Å². The van der Waals surface area contributed by atoms with Gasteiger partial charge in [-0.1, -0.05) is 18.9 Å². The minimum absolute atomic E-state index is 0.308. The van der Waals surface area contributed by atoms with Gasteiger partial charge in [0, 0.05) is 6.04 Å². The van der Waals surface area contributed by atoms with Crippen LogP contribution in [0.2, 0.25) is 0 Å². The van der Waals surface area contributed by atoms with Crippen LogP contribution in [0, 0.1) is 0 Å². The van der Waals surface area contributed by atoms with Crippen molar-refractivity contribution in [3.8, 4) is 5.69 Å². The molecule has 0 radical (unpaired) electrons. The first-order chi connectivity index (χ1) is 10.5. The van der Waals surface area contributed by atoms with Crippen LogP contribution in [0.4, 0.5) is 13.2 Å². The van der Waals surface area contributed by atoms with E-state index < -0.39 is 11.7 Å². The molecule has 3 rings (SSSR count). The molecule has 0 saturated heterocycles. The lowest BCUT2D eigenvalue weighted by molar-refractivity contribution is -0.137. The van der Waals surface area contributed by atoms with Crippen LogP contribution in [0.25, 0.3) is 5.69 Å². The summed E-state index contributed by atoms with van der Waals surface area (Å²) in [5.41, 5.74) is -0.404. The summed E-state index contributed by atoms with van der Waals surface area (Å²) in [5, 5.41) is 14.6. The van der Waals surface area contributed by atoms with Gasteiger partial charge in [-0.05, 0) is 41.5 Å². The lowest BCUT2D eigenvalue weighted by Crippen LogP contribution is -2.27. The summed E-state index contributed by atoms with van der Waals surface area (Å²) in [5.74, 6) is 0.506. The van der Waals surface area contributed by atoms with Crippen LogP contribution < -0.4 is 5.32 Å². The topological polar surface area (TPSA) is 55.6 Å². The maximum absolute atomic E-state index is 12.8. The van der Waals surface area contributed by atoms with E-state index in [1.807, 2.05) is 0 Å². The number of hydrogen-bond donors (Lipinski definition) is 1. The zero-order chi connectivity index (χ0) is 15.6. The molecule has 1 heterocycles. The molecule has 0 aliphatic heterocycles. The zero-order valence-corrected chi connectivity index (χ0v) is 11.8. The van der Waals surface area contributed by atoms with E-state index in [4.69, 9.17) is 0 Å². The molecule has 1 N–H and O–H groups in total. The molecule has 0 spiro atoms. The maximum atomic E-state index is 12.8. The lowest BCUT2D eigenvalue weighted by Gasteiger charge is -2.12. The maximum Gasteiger partial charge on any atom is 0.416 e. The van der Waals surface area contributed by atoms with E-state index in [0.29, 0.717) is 24.1 Å². The Bertz CT molecular complexity index is 631. The SMILES string of the molecule is FC(F)(F)c1cccc(-n2nnnc2CNC2CCCC2)c1. The molecule has 22 heavy (non-hydrogen) atoms. The normalized spacial score (nSPS) is 16.3. The summed E-state index contributed by atoms with van der Waals surface area (Å²) < 4.78 is 39.7. The predicted octanol–water partition coefficient (Wildman–Crippen LogP) is 2.71. The fourth-order valence-corrected chi connectivity index (χ4v) is 2.70. The molecule has 0 atom stereocenters. The second kappa shape index (κ2) is 6.04. The number of benzene rings is 1. The van der Waals surface area contributed by atoms with Crippen LogP contribution in [0.5, 0.6) is 0 Å². The molecule has 0 bridgehead atoms. The van der Waals surface area contributed by atoms with Crippen molar-refractivity contribution in [2.24, 2.45) is 0 Å². The molecule has 1 aromatic heterocycles. The smallest absolute Gasteiger partial charge is 0.307 e. The number of aromatic nitrogens is 4. The minimum Gasteiger partial charge on any atom is -0.307 e. The monoisotopic (exact) mass is 311 g/mol. The number of nitrogens with zero attached hydrogens (tertiary/aromatic N) is 4. The van der Waals surface area contributed by atoms with Crippen molar-refractivity contribution in [1.29, 1.82) is 0 Å². The van der Waals surface area contributed by atoms with Crippen molar-refractivity contribution in [2.75, 3.05) is 0 Å². The van der Waals surface area contributed by atoms with Gasteiger partial charge in [0.25, 0.3) is 0 Å². The standard InChI is InChI=1S/C14H16F3N5/c15-14(16,17)10-4-3-7-12(8-10)22-13(19-20-21-22)9-18-11-5-1-2-6-11/h3-4,7-8,11,18H,1-2,5-6,9H2. The second-order valence-electron chi connectivity index (χ2n) is 5.42. The molecule has 1 saturated carbocycles. The van der Waals surface area contributed by atoms with Crippen molar-refractivity contribution in [1.82, 2.24) is 25.5 Å². The average molecular weight is 311 g/mol. The number of alkyl halides is 3. The van der Waals surface area contributed by atoms with Crippen molar-refractivity contribution in [3.63, 3.8) is 0 Å². The molecule has 118 valence electrons. The fraction of sp³-hybridized carbons (Fsp3) is 0.500. The van der Waals surface area contributed by atoms with Crippen LogP contribution in [0.3, 0.4) is 0 Å². The first kappa shape index (κ1) is 15.0. The Kier molecular flexibility index (Phi) is 4.10. The fourth-order valence-electron chi connectivity index (χ4n) is 2.70. The molecular weight excluding hydrogens is 295 g/mol. The van der Waals surface area contributed by atoms with Gasteiger partial charge in [0.1, 0.15) is 0 Å². The third kappa shape index (κ3) is 3.27. The molecule has 1 aromatic carbocycles. The third-order valence-electron chi connectivity index (χ3n) is 3.86. The highest BCUT2D eigenvalue weighted by molar-refractivity contribution is 5.36. The average Bonchev–Trinajstić information content (AvgIpc) is 3.16. The Labute approximate surface area is 125 Å². The van der Waals surface area contributed by atoms with Crippen LogP contribution in [0.1, 0.15) is 37.1 Å². The van der Waals surface area contributed by atoms with E-state index >= 15 is 0 Å². The van der Waals surface area contributed by atoms with Crippen LogP contribution >= 0.6 is 0 Å². The van der Waals surface area contributed by atoms with E-state index in [2.05, 4.69) is 20.8 Å². The van der Waals surface area contributed by atoms with Crippen LogP contribution in [-0.2, 0) is 12.7 Å². The number of hydrogen-bond acceptors (Lipinski definition) is 4. The Hall–Kier alpha value is -1.96. The van der Waals surface area contributed by atoms with Crippen LogP contribution in [0.15, 0.2) is 24.3 Å². The van der Waals surface area contributed by atoms with Crippen molar-refractivity contribution in [3.05, 3.63) is 35.7 Å². The van der Waals surface area contributed by atoms with Gasteiger partial charge in [-0.2, -0.15) is 17.9 Å². The van der Waals surface area contributed by atoms with Gasteiger partial charge in [-0.25, -0.2) is 0 Å². The van der Waals surface area contributed by atoms with Gasteiger partial charge < -0.3 is 5.32 Å². The molecule has 0 amide bonds. The number of nitrogens with one attached hydrogen (secondary N) is 1. The first-order valence-corrected chi connectivity index (χ1v) is 7.22. The Morgan fingerprint density at radius 3 is 2.73 bits per heavy atom. The Morgan fingerprint density at radius 1 is 1.23 bits per heavy atom. The summed E-state index contributed by atoms with van der Waals surface area (Å²) in [6.45, 7) is 0.438. The zero-order valence-electron chi connectivity index (χ0n) is 11.8. The highest BCUT2D eigenvalue weighted by Crippen LogP contribution is 2.30. The molecule has 1 fully saturated rings. The molecular formula is C14H16F3N5. The summed E-state index contributed by atoms with van der Waals surface area (Å²) >= 11 is 0. The van der Waals surface area contributed by atoms with Crippen LogP contribution in [-0.4, -0.2) is 26.2 Å². The summed E-state index contributed by atoms with van der Waals surface area (Å²) in [6.07, 6.45) is 0.259. The first-order valence-electron chi connectivity index (χ1n) is 7.22. The largest absolute Gasteiger partial charge is 0.416 e. The summed E-state index contributed by atoms with van der Waals surface area (Å²) in [6, 6.07) is 5.44. The van der Waals surface area contributed by atoms with Gasteiger partial charge in [0.2, 0.25) is 0 Å². The lowest BCUT2D eigenvalue weighted by atomic mass is 10.2. The van der Waals surface area contributed by atoms with E-state index in [-0.39, 0.29) is 0 Å². The third-order valence-corrected chi connectivity index (χ3v) is 3.86. The van der Waals surface area contributed by atoms with E-state index in [1.54, 1.807) is 6.07 Å². The van der Waals surface area contributed by atoms with Crippen molar-refractivity contribution >= 4 is 0 Å².